The number of likely N-dealkylation sites (tertiary alicyclic amines) is 4. The van der Waals surface area contributed by atoms with Gasteiger partial charge >= 0.3 is 24.1 Å². The summed E-state index contributed by atoms with van der Waals surface area (Å²) in [5.74, 6) is 0. The van der Waals surface area contributed by atoms with E-state index in [4.69, 9.17) is 0 Å². The molecule has 0 atom stereocenters. The SMILES string of the molecule is O=C(N=NC(=O)N1CCCCC1)N1CCCCC1.O=C(N=NC(=O)N1CCCCC1)N1CCCCC1. The van der Waals surface area contributed by atoms with Crippen LogP contribution in [0.15, 0.2) is 20.5 Å². The van der Waals surface area contributed by atoms with Gasteiger partial charge < -0.3 is 19.6 Å². The number of carbonyl (C=O) groups is 4. The lowest BCUT2D eigenvalue weighted by Gasteiger charge is -2.25. The molecule has 4 aliphatic rings. The number of piperidine rings is 4. The first-order chi connectivity index (χ1) is 17.5. The van der Waals surface area contributed by atoms with Crippen LogP contribution in [0.1, 0.15) is 77.0 Å². The first-order valence-corrected chi connectivity index (χ1v) is 13.5. The summed E-state index contributed by atoms with van der Waals surface area (Å²) in [4.78, 5) is 53.4. The van der Waals surface area contributed by atoms with E-state index >= 15 is 0 Å². The van der Waals surface area contributed by atoms with E-state index in [0.717, 1.165) is 129 Å². The average molecular weight is 505 g/mol. The summed E-state index contributed by atoms with van der Waals surface area (Å²) < 4.78 is 0. The fourth-order valence-corrected chi connectivity index (χ4v) is 4.76. The van der Waals surface area contributed by atoms with Crippen molar-refractivity contribution < 1.29 is 19.2 Å². The number of carbonyl (C=O) groups excluding carboxylic acids is 4. The Morgan fingerprint density at radius 1 is 0.306 bits per heavy atom. The zero-order chi connectivity index (χ0) is 25.6. The molecule has 0 N–H and O–H groups in total. The van der Waals surface area contributed by atoms with Crippen LogP contribution in [0.3, 0.4) is 0 Å². The van der Waals surface area contributed by atoms with Crippen LogP contribution in [0.25, 0.3) is 0 Å². The zero-order valence-electron chi connectivity index (χ0n) is 21.4. The molecule has 0 saturated carbocycles. The summed E-state index contributed by atoms with van der Waals surface area (Å²) in [6.07, 6.45) is 12.8. The minimum Gasteiger partial charge on any atom is -0.322 e. The average Bonchev–Trinajstić information content (AvgIpc) is 2.96. The minimum absolute atomic E-state index is 0.375. The number of hydrogen-bond acceptors (Lipinski definition) is 4. The number of amides is 8. The van der Waals surface area contributed by atoms with Gasteiger partial charge in [0.15, 0.2) is 0 Å². The van der Waals surface area contributed by atoms with Crippen molar-refractivity contribution >= 4 is 24.1 Å². The third kappa shape index (κ3) is 9.27. The van der Waals surface area contributed by atoms with E-state index < -0.39 is 0 Å². The summed E-state index contributed by atoms with van der Waals surface area (Å²) in [5.41, 5.74) is 0. The predicted octanol–water partition coefficient (Wildman–Crippen LogP) is 5.30. The molecule has 12 heteroatoms. The Kier molecular flexibility index (Phi) is 11.7. The molecular formula is C24H40N8O4. The van der Waals surface area contributed by atoms with Crippen LogP contribution in [0.2, 0.25) is 0 Å². The highest BCUT2D eigenvalue weighted by atomic mass is 16.2. The van der Waals surface area contributed by atoms with Gasteiger partial charge in [0, 0.05) is 52.4 Å². The van der Waals surface area contributed by atoms with Crippen molar-refractivity contribution in [3.8, 4) is 0 Å². The van der Waals surface area contributed by atoms with Crippen LogP contribution in [0.5, 0.6) is 0 Å². The van der Waals surface area contributed by atoms with Crippen LogP contribution in [0.4, 0.5) is 19.2 Å². The second-order valence-corrected chi connectivity index (χ2v) is 9.72. The Morgan fingerprint density at radius 2 is 0.472 bits per heavy atom. The molecule has 4 saturated heterocycles. The molecule has 200 valence electrons. The summed E-state index contributed by atoms with van der Waals surface area (Å²) in [5, 5.41) is 14.2. The maximum Gasteiger partial charge on any atom is 0.362 e. The fourth-order valence-electron chi connectivity index (χ4n) is 4.76. The van der Waals surface area contributed by atoms with Gasteiger partial charge in [-0.3, -0.25) is 0 Å². The first-order valence-electron chi connectivity index (χ1n) is 13.5. The molecule has 0 aromatic heterocycles. The number of nitrogens with zero attached hydrogens (tertiary/aromatic N) is 8. The standard InChI is InChI=1S/2C12H20N4O2/c2*17-11(15-7-3-1-4-8-15)13-14-12(18)16-9-5-2-6-10-16/h2*1-10H2. The Labute approximate surface area is 213 Å². The number of hydrogen-bond donors (Lipinski definition) is 0. The van der Waals surface area contributed by atoms with Gasteiger partial charge in [0.25, 0.3) is 0 Å². The van der Waals surface area contributed by atoms with E-state index in [2.05, 4.69) is 20.5 Å². The molecule has 4 heterocycles. The topological polar surface area (TPSA) is 131 Å². The maximum atomic E-state index is 11.7. The monoisotopic (exact) mass is 504 g/mol. The molecule has 0 aromatic carbocycles. The quantitative estimate of drug-likeness (QED) is 0.414. The largest absolute Gasteiger partial charge is 0.362 e. The molecule has 0 aromatic rings. The molecule has 4 aliphatic heterocycles. The summed E-state index contributed by atoms with van der Waals surface area (Å²) in [6.45, 7) is 5.86. The lowest BCUT2D eigenvalue weighted by molar-refractivity contribution is 0.187. The number of azo groups is 2. The molecule has 0 spiro atoms. The van der Waals surface area contributed by atoms with E-state index in [1.807, 2.05) is 0 Å². The van der Waals surface area contributed by atoms with Crippen LogP contribution < -0.4 is 0 Å². The smallest absolute Gasteiger partial charge is 0.322 e. The fraction of sp³-hybridized carbons (Fsp3) is 0.833. The van der Waals surface area contributed by atoms with Crippen molar-refractivity contribution in [2.75, 3.05) is 52.4 Å². The molecule has 8 amide bonds. The second-order valence-electron chi connectivity index (χ2n) is 9.72. The Morgan fingerprint density at radius 3 is 0.639 bits per heavy atom. The third-order valence-electron chi connectivity index (χ3n) is 6.95. The molecule has 0 aliphatic carbocycles. The highest BCUT2D eigenvalue weighted by Gasteiger charge is 2.20. The Balaban J connectivity index is 0.000000201. The van der Waals surface area contributed by atoms with Crippen LogP contribution in [-0.4, -0.2) is 96.1 Å². The minimum atomic E-state index is -0.375. The van der Waals surface area contributed by atoms with Crippen molar-refractivity contribution in [2.24, 2.45) is 20.5 Å². The van der Waals surface area contributed by atoms with Crippen molar-refractivity contribution in [1.29, 1.82) is 0 Å². The van der Waals surface area contributed by atoms with Gasteiger partial charge in [-0.05, 0) is 77.0 Å². The van der Waals surface area contributed by atoms with E-state index in [1.54, 1.807) is 19.6 Å². The zero-order valence-corrected chi connectivity index (χ0v) is 21.4. The van der Waals surface area contributed by atoms with Crippen molar-refractivity contribution in [3.63, 3.8) is 0 Å². The van der Waals surface area contributed by atoms with Crippen LogP contribution in [0, 0.1) is 0 Å². The molecule has 0 radical (unpaired) electrons. The van der Waals surface area contributed by atoms with E-state index in [9.17, 15) is 19.2 Å². The second kappa shape index (κ2) is 15.2. The summed E-state index contributed by atoms with van der Waals surface area (Å²) >= 11 is 0. The molecular weight excluding hydrogens is 464 g/mol. The normalized spacial score (nSPS) is 21.3. The summed E-state index contributed by atoms with van der Waals surface area (Å²) in [7, 11) is 0. The Hall–Kier alpha value is -2.92. The third-order valence-corrected chi connectivity index (χ3v) is 6.95. The van der Waals surface area contributed by atoms with Gasteiger partial charge in [-0.25, -0.2) is 19.2 Å². The van der Waals surface area contributed by atoms with Gasteiger partial charge in [0.05, 0.1) is 0 Å². The van der Waals surface area contributed by atoms with Gasteiger partial charge in [0.1, 0.15) is 0 Å². The molecule has 0 bridgehead atoms. The van der Waals surface area contributed by atoms with E-state index in [1.165, 1.54) is 0 Å². The van der Waals surface area contributed by atoms with Gasteiger partial charge in [-0.1, -0.05) is 20.5 Å². The molecule has 4 rings (SSSR count). The van der Waals surface area contributed by atoms with Crippen molar-refractivity contribution in [2.45, 2.75) is 77.0 Å². The van der Waals surface area contributed by atoms with E-state index in [-0.39, 0.29) is 24.1 Å². The van der Waals surface area contributed by atoms with Gasteiger partial charge in [-0.15, -0.1) is 0 Å². The highest BCUT2D eigenvalue weighted by Crippen LogP contribution is 2.13. The molecule has 0 unspecified atom stereocenters. The predicted molar refractivity (Wildman–Crippen MR) is 133 cm³/mol. The summed E-state index contributed by atoms with van der Waals surface area (Å²) in [6, 6.07) is -1.50. The first kappa shape index (κ1) is 27.7. The van der Waals surface area contributed by atoms with Crippen molar-refractivity contribution in [1.82, 2.24) is 19.6 Å². The van der Waals surface area contributed by atoms with Crippen LogP contribution >= 0.6 is 0 Å². The molecule has 12 nitrogen and oxygen atoms in total. The maximum absolute atomic E-state index is 11.7. The number of urea groups is 4. The van der Waals surface area contributed by atoms with E-state index in [0.29, 0.717) is 0 Å². The van der Waals surface area contributed by atoms with Crippen LogP contribution in [-0.2, 0) is 0 Å². The number of rotatable bonds is 0. The van der Waals surface area contributed by atoms with Gasteiger partial charge in [-0.2, -0.15) is 0 Å². The molecule has 36 heavy (non-hydrogen) atoms. The highest BCUT2D eigenvalue weighted by molar-refractivity contribution is 5.80. The van der Waals surface area contributed by atoms with Gasteiger partial charge in [0.2, 0.25) is 0 Å². The lowest BCUT2D eigenvalue weighted by Crippen LogP contribution is -2.35. The van der Waals surface area contributed by atoms with Crippen molar-refractivity contribution in [3.05, 3.63) is 0 Å². The Bertz CT molecular complexity index is 664. The molecule has 4 fully saturated rings. The lowest BCUT2D eigenvalue weighted by atomic mass is 10.1.